The van der Waals surface area contributed by atoms with E-state index < -0.39 is 5.97 Å². The van der Waals surface area contributed by atoms with Crippen molar-refractivity contribution in [1.29, 1.82) is 0 Å². The lowest BCUT2D eigenvalue weighted by molar-refractivity contribution is 0.0686. The first-order valence-electron chi connectivity index (χ1n) is 5.21. The number of hydrogen-bond acceptors (Lipinski definition) is 3. The predicted molar refractivity (Wildman–Crippen MR) is 63.9 cm³/mol. The number of aromatic carboxylic acids is 1. The summed E-state index contributed by atoms with van der Waals surface area (Å²) in [6, 6.07) is 9.78. The minimum Gasteiger partial charge on any atom is -0.476 e. The van der Waals surface area contributed by atoms with Gasteiger partial charge in [0.2, 0.25) is 0 Å². The topological polar surface area (TPSA) is 67.2 Å². The van der Waals surface area contributed by atoms with Crippen LogP contribution >= 0.6 is 0 Å². The van der Waals surface area contributed by atoms with Gasteiger partial charge in [0.15, 0.2) is 5.69 Å². The first-order chi connectivity index (χ1) is 8.18. The summed E-state index contributed by atoms with van der Waals surface area (Å²) in [5.74, 6) is -0.986. The molecule has 0 radical (unpaired) electrons. The quantitative estimate of drug-likeness (QED) is 0.841. The third-order valence-electron chi connectivity index (χ3n) is 2.47. The number of hydrogen-bond donors (Lipinski definition) is 2. The molecule has 5 nitrogen and oxygen atoms in total. The summed E-state index contributed by atoms with van der Waals surface area (Å²) in [6.45, 7) is 0.576. The molecule has 2 aromatic rings. The van der Waals surface area contributed by atoms with Crippen LogP contribution in [0, 0.1) is 0 Å². The van der Waals surface area contributed by atoms with Crippen molar-refractivity contribution in [2.24, 2.45) is 7.05 Å². The van der Waals surface area contributed by atoms with Crippen molar-refractivity contribution in [3.05, 3.63) is 47.8 Å². The monoisotopic (exact) mass is 231 g/mol. The average molecular weight is 231 g/mol. The van der Waals surface area contributed by atoms with Crippen LogP contribution in [0.5, 0.6) is 0 Å². The van der Waals surface area contributed by atoms with Gasteiger partial charge in [0.25, 0.3) is 0 Å². The van der Waals surface area contributed by atoms with Crippen molar-refractivity contribution in [2.75, 3.05) is 5.32 Å². The maximum absolute atomic E-state index is 11.0. The van der Waals surface area contributed by atoms with E-state index in [4.69, 9.17) is 5.11 Å². The normalized spacial score (nSPS) is 10.2. The lowest BCUT2D eigenvalue weighted by Gasteiger charge is -2.05. The van der Waals surface area contributed by atoms with Gasteiger partial charge in [0, 0.05) is 13.6 Å². The molecule has 0 saturated carbocycles. The summed E-state index contributed by atoms with van der Waals surface area (Å²) in [6.07, 6.45) is 1.52. The van der Waals surface area contributed by atoms with E-state index in [-0.39, 0.29) is 5.69 Å². The van der Waals surface area contributed by atoms with Gasteiger partial charge in [-0.25, -0.2) is 4.79 Å². The highest BCUT2D eigenvalue weighted by Crippen LogP contribution is 2.15. The molecular formula is C12H13N3O2. The van der Waals surface area contributed by atoms with E-state index in [1.54, 1.807) is 7.05 Å². The Labute approximate surface area is 98.7 Å². The van der Waals surface area contributed by atoms with Gasteiger partial charge in [-0.1, -0.05) is 30.3 Å². The van der Waals surface area contributed by atoms with E-state index in [0.29, 0.717) is 12.2 Å². The van der Waals surface area contributed by atoms with Crippen LogP contribution < -0.4 is 5.32 Å². The summed E-state index contributed by atoms with van der Waals surface area (Å²) in [5.41, 5.74) is 1.79. The van der Waals surface area contributed by atoms with Gasteiger partial charge in [0.05, 0.1) is 11.9 Å². The molecular weight excluding hydrogens is 218 g/mol. The second kappa shape index (κ2) is 4.69. The Morgan fingerprint density at radius 2 is 2.12 bits per heavy atom. The van der Waals surface area contributed by atoms with Gasteiger partial charge in [0.1, 0.15) is 0 Å². The number of nitrogens with zero attached hydrogens (tertiary/aromatic N) is 2. The summed E-state index contributed by atoms with van der Waals surface area (Å²) in [5, 5.41) is 16.0. The minimum atomic E-state index is -0.986. The van der Waals surface area contributed by atoms with Gasteiger partial charge >= 0.3 is 5.97 Å². The zero-order chi connectivity index (χ0) is 12.3. The predicted octanol–water partition coefficient (Wildman–Crippen LogP) is 1.73. The lowest BCUT2D eigenvalue weighted by Crippen LogP contribution is -2.09. The molecule has 0 amide bonds. The van der Waals surface area contributed by atoms with Gasteiger partial charge in [-0.3, -0.25) is 4.68 Å². The van der Waals surface area contributed by atoms with Crippen molar-refractivity contribution in [1.82, 2.24) is 9.78 Å². The van der Waals surface area contributed by atoms with Crippen LogP contribution in [-0.2, 0) is 13.6 Å². The van der Waals surface area contributed by atoms with Gasteiger partial charge in [-0.15, -0.1) is 0 Å². The van der Waals surface area contributed by atoms with Crippen LogP contribution in [0.2, 0.25) is 0 Å². The Bertz CT molecular complexity index is 520. The smallest absolute Gasteiger partial charge is 0.356 e. The van der Waals surface area contributed by atoms with Crippen LogP contribution in [0.25, 0.3) is 0 Å². The fraction of sp³-hybridized carbons (Fsp3) is 0.167. The summed E-state index contributed by atoms with van der Waals surface area (Å²) in [4.78, 5) is 11.0. The molecule has 0 aliphatic carbocycles. The number of rotatable bonds is 4. The maximum Gasteiger partial charge on any atom is 0.356 e. The second-order valence-electron chi connectivity index (χ2n) is 3.67. The molecule has 5 heteroatoms. The third kappa shape index (κ3) is 2.44. The number of aromatic nitrogens is 2. The zero-order valence-corrected chi connectivity index (χ0v) is 9.42. The summed E-state index contributed by atoms with van der Waals surface area (Å²) < 4.78 is 1.34. The van der Waals surface area contributed by atoms with Gasteiger partial charge < -0.3 is 10.4 Å². The van der Waals surface area contributed by atoms with Crippen molar-refractivity contribution >= 4 is 11.7 Å². The number of benzene rings is 1. The van der Waals surface area contributed by atoms with Crippen molar-refractivity contribution < 1.29 is 9.90 Å². The second-order valence-corrected chi connectivity index (χ2v) is 3.67. The largest absolute Gasteiger partial charge is 0.476 e. The van der Waals surface area contributed by atoms with Gasteiger partial charge in [-0.2, -0.15) is 5.10 Å². The van der Waals surface area contributed by atoms with Crippen molar-refractivity contribution in [3.63, 3.8) is 0 Å². The molecule has 0 saturated heterocycles. The van der Waals surface area contributed by atoms with Gasteiger partial charge in [-0.05, 0) is 5.56 Å². The molecule has 2 N–H and O–H groups in total. The van der Waals surface area contributed by atoms with Crippen LogP contribution in [-0.4, -0.2) is 20.9 Å². The highest BCUT2D eigenvalue weighted by molar-refractivity contribution is 5.92. The molecule has 0 unspecified atom stereocenters. The maximum atomic E-state index is 11.0. The zero-order valence-electron chi connectivity index (χ0n) is 9.42. The fourth-order valence-corrected chi connectivity index (χ4v) is 1.61. The highest BCUT2D eigenvalue weighted by atomic mass is 16.4. The highest BCUT2D eigenvalue weighted by Gasteiger charge is 2.14. The molecule has 0 atom stereocenters. The SMILES string of the molecule is Cn1ncc(NCc2ccccc2)c1C(=O)O. The molecule has 0 aliphatic heterocycles. The molecule has 1 heterocycles. The molecule has 0 spiro atoms. The van der Waals surface area contributed by atoms with E-state index in [1.807, 2.05) is 30.3 Å². The summed E-state index contributed by atoms with van der Waals surface area (Å²) in [7, 11) is 1.61. The minimum absolute atomic E-state index is 0.168. The summed E-state index contributed by atoms with van der Waals surface area (Å²) >= 11 is 0. The fourth-order valence-electron chi connectivity index (χ4n) is 1.61. The van der Waals surface area contributed by atoms with Crippen LogP contribution in [0.4, 0.5) is 5.69 Å². The number of carboxylic acid groups (broad SMARTS) is 1. The number of anilines is 1. The number of carbonyl (C=O) groups is 1. The number of nitrogens with one attached hydrogen (secondary N) is 1. The van der Waals surface area contributed by atoms with Crippen LogP contribution in [0.15, 0.2) is 36.5 Å². The Kier molecular flexibility index (Phi) is 3.09. The van der Waals surface area contributed by atoms with Crippen LogP contribution in [0.1, 0.15) is 16.1 Å². The Morgan fingerprint density at radius 1 is 1.41 bits per heavy atom. The molecule has 2 rings (SSSR count). The molecule has 1 aromatic heterocycles. The Morgan fingerprint density at radius 3 is 2.76 bits per heavy atom. The molecule has 0 aliphatic rings. The average Bonchev–Trinajstić information content (AvgIpc) is 2.69. The van der Waals surface area contributed by atoms with Crippen molar-refractivity contribution in [2.45, 2.75) is 6.54 Å². The van der Waals surface area contributed by atoms with E-state index in [0.717, 1.165) is 5.56 Å². The molecule has 0 bridgehead atoms. The van der Waals surface area contributed by atoms with Crippen LogP contribution in [0.3, 0.4) is 0 Å². The number of carboxylic acids is 1. The van der Waals surface area contributed by atoms with E-state index in [9.17, 15) is 4.79 Å². The molecule has 17 heavy (non-hydrogen) atoms. The molecule has 1 aromatic carbocycles. The standard InChI is InChI=1S/C12H13N3O2/c1-15-11(12(16)17)10(8-14-15)13-7-9-5-3-2-4-6-9/h2-6,8,13H,7H2,1H3,(H,16,17). The Hall–Kier alpha value is -2.30. The molecule has 0 fully saturated rings. The third-order valence-corrected chi connectivity index (χ3v) is 2.47. The van der Waals surface area contributed by atoms with Crippen molar-refractivity contribution in [3.8, 4) is 0 Å². The Balaban J connectivity index is 2.12. The van der Waals surface area contributed by atoms with E-state index in [1.165, 1.54) is 10.9 Å². The van der Waals surface area contributed by atoms with E-state index >= 15 is 0 Å². The number of aryl methyl sites for hydroxylation is 1. The molecule has 88 valence electrons. The lowest BCUT2D eigenvalue weighted by atomic mass is 10.2. The van der Waals surface area contributed by atoms with E-state index in [2.05, 4.69) is 10.4 Å². The first-order valence-corrected chi connectivity index (χ1v) is 5.21. The first kappa shape index (κ1) is 11.2.